The van der Waals surface area contributed by atoms with Crippen LogP contribution in [0.4, 0.5) is 11.4 Å². The fourth-order valence-electron chi connectivity index (χ4n) is 4.46. The van der Waals surface area contributed by atoms with Gasteiger partial charge in [0, 0.05) is 18.8 Å². The van der Waals surface area contributed by atoms with Gasteiger partial charge in [-0.1, -0.05) is 37.3 Å². The molecule has 0 saturated carbocycles. The number of nitrogens with one attached hydrogen (secondary N) is 1. The minimum Gasteiger partial charge on any atom is -0.371 e. The van der Waals surface area contributed by atoms with E-state index in [9.17, 15) is 13.2 Å². The number of aryl methyl sites for hydroxylation is 2. The van der Waals surface area contributed by atoms with E-state index in [1.54, 1.807) is 0 Å². The molecule has 2 unspecified atom stereocenters. The minimum absolute atomic E-state index is 0.226. The molecule has 1 N–H and O–H groups in total. The third-order valence-electron chi connectivity index (χ3n) is 6.17. The number of sulfonamides is 1. The Labute approximate surface area is 192 Å². The Kier molecular flexibility index (Phi) is 7.49. The van der Waals surface area contributed by atoms with Crippen LogP contribution in [0.5, 0.6) is 0 Å². The van der Waals surface area contributed by atoms with Gasteiger partial charge in [0.15, 0.2) is 0 Å². The number of hydrogen-bond acceptors (Lipinski definition) is 4. The summed E-state index contributed by atoms with van der Waals surface area (Å²) in [6.07, 6.45) is 3.63. The van der Waals surface area contributed by atoms with Crippen LogP contribution in [0.2, 0.25) is 0 Å². The number of piperidine rings is 1. The van der Waals surface area contributed by atoms with Gasteiger partial charge in [-0.2, -0.15) is 0 Å². The van der Waals surface area contributed by atoms with Crippen molar-refractivity contribution >= 4 is 27.3 Å². The second-order valence-electron chi connectivity index (χ2n) is 9.08. The molecule has 174 valence electrons. The van der Waals surface area contributed by atoms with E-state index >= 15 is 0 Å². The lowest BCUT2D eigenvalue weighted by atomic mass is 9.99. The molecule has 1 saturated heterocycles. The molecule has 0 spiro atoms. The summed E-state index contributed by atoms with van der Waals surface area (Å²) in [5.74, 6) is 0.371. The highest BCUT2D eigenvalue weighted by atomic mass is 32.2. The Morgan fingerprint density at radius 3 is 2.34 bits per heavy atom. The Morgan fingerprint density at radius 1 is 1.16 bits per heavy atom. The molecule has 1 aliphatic heterocycles. The summed E-state index contributed by atoms with van der Waals surface area (Å²) in [6, 6.07) is 13.7. The van der Waals surface area contributed by atoms with Gasteiger partial charge in [0.05, 0.1) is 18.0 Å². The van der Waals surface area contributed by atoms with Crippen molar-refractivity contribution in [2.45, 2.75) is 46.6 Å². The standard InChI is InChI=1S/C25H35N3O3S/c1-18-8-7-15-27(16-18)23-13-11-22(12-14-23)21(4)26-24(29)17-28(32(5,30)31)25-19(2)9-6-10-20(25)3/h6,9-14,18,21H,7-8,15-17H2,1-5H3,(H,26,29). The van der Waals surface area contributed by atoms with Crippen molar-refractivity contribution in [1.29, 1.82) is 0 Å². The van der Waals surface area contributed by atoms with Gasteiger partial charge < -0.3 is 10.2 Å². The lowest BCUT2D eigenvalue weighted by Gasteiger charge is -2.33. The quantitative estimate of drug-likeness (QED) is 0.677. The molecular weight excluding hydrogens is 422 g/mol. The summed E-state index contributed by atoms with van der Waals surface area (Å²) in [4.78, 5) is 15.2. The van der Waals surface area contributed by atoms with Crippen LogP contribution >= 0.6 is 0 Å². The van der Waals surface area contributed by atoms with Gasteiger partial charge in [0.1, 0.15) is 6.54 Å². The van der Waals surface area contributed by atoms with Crippen LogP contribution in [0, 0.1) is 19.8 Å². The van der Waals surface area contributed by atoms with E-state index in [1.807, 2.05) is 51.1 Å². The summed E-state index contributed by atoms with van der Waals surface area (Å²) in [7, 11) is -3.61. The zero-order valence-corrected chi connectivity index (χ0v) is 20.6. The molecule has 2 atom stereocenters. The third-order valence-corrected chi connectivity index (χ3v) is 7.28. The van der Waals surface area contributed by atoms with Crippen LogP contribution < -0.4 is 14.5 Å². The van der Waals surface area contributed by atoms with Crippen LogP contribution in [-0.4, -0.2) is 40.2 Å². The van der Waals surface area contributed by atoms with Gasteiger partial charge in [-0.3, -0.25) is 9.10 Å². The minimum atomic E-state index is -3.61. The van der Waals surface area contributed by atoms with Crippen molar-refractivity contribution in [2.75, 3.05) is 35.1 Å². The molecule has 0 radical (unpaired) electrons. The van der Waals surface area contributed by atoms with Gasteiger partial charge in [-0.05, 0) is 68.4 Å². The number of hydrogen-bond donors (Lipinski definition) is 1. The molecule has 0 aliphatic carbocycles. The summed E-state index contributed by atoms with van der Waals surface area (Å²) >= 11 is 0. The number of nitrogens with zero attached hydrogens (tertiary/aromatic N) is 2. The topological polar surface area (TPSA) is 69.7 Å². The van der Waals surface area contributed by atoms with Crippen molar-refractivity contribution in [3.63, 3.8) is 0 Å². The monoisotopic (exact) mass is 457 g/mol. The fraction of sp³-hybridized carbons (Fsp3) is 0.480. The van der Waals surface area contributed by atoms with Crippen molar-refractivity contribution < 1.29 is 13.2 Å². The van der Waals surface area contributed by atoms with Gasteiger partial charge >= 0.3 is 0 Å². The van der Waals surface area contributed by atoms with E-state index in [0.717, 1.165) is 36.0 Å². The van der Waals surface area contributed by atoms with Crippen molar-refractivity contribution in [3.8, 4) is 0 Å². The van der Waals surface area contributed by atoms with E-state index in [-0.39, 0.29) is 18.5 Å². The summed E-state index contributed by atoms with van der Waals surface area (Å²) in [5, 5.41) is 2.95. The van der Waals surface area contributed by atoms with Crippen LogP contribution in [-0.2, 0) is 14.8 Å². The van der Waals surface area contributed by atoms with E-state index < -0.39 is 10.0 Å². The van der Waals surface area contributed by atoms with Crippen molar-refractivity contribution in [3.05, 3.63) is 59.2 Å². The number of amides is 1. The van der Waals surface area contributed by atoms with E-state index in [0.29, 0.717) is 11.6 Å². The summed E-state index contributed by atoms with van der Waals surface area (Å²) < 4.78 is 26.2. The van der Waals surface area contributed by atoms with E-state index in [4.69, 9.17) is 0 Å². The molecule has 2 aromatic carbocycles. The fourth-order valence-corrected chi connectivity index (χ4v) is 5.43. The first-order valence-corrected chi connectivity index (χ1v) is 13.1. The van der Waals surface area contributed by atoms with Crippen molar-refractivity contribution in [1.82, 2.24) is 5.32 Å². The maximum Gasteiger partial charge on any atom is 0.241 e. The normalized spacial score (nSPS) is 17.7. The molecule has 32 heavy (non-hydrogen) atoms. The highest BCUT2D eigenvalue weighted by Crippen LogP contribution is 2.27. The molecule has 6 nitrogen and oxygen atoms in total. The van der Waals surface area contributed by atoms with E-state index in [2.05, 4.69) is 29.3 Å². The van der Waals surface area contributed by atoms with E-state index in [1.165, 1.54) is 22.8 Å². The lowest BCUT2D eigenvalue weighted by Crippen LogP contribution is -2.41. The Bertz CT molecular complexity index is 1030. The highest BCUT2D eigenvalue weighted by molar-refractivity contribution is 7.92. The largest absolute Gasteiger partial charge is 0.371 e. The lowest BCUT2D eigenvalue weighted by molar-refractivity contribution is -0.120. The van der Waals surface area contributed by atoms with Crippen LogP contribution in [0.1, 0.15) is 49.4 Å². The zero-order valence-electron chi connectivity index (χ0n) is 19.8. The number of rotatable bonds is 7. The molecule has 1 amide bonds. The van der Waals surface area contributed by atoms with Crippen LogP contribution in [0.25, 0.3) is 0 Å². The third kappa shape index (κ3) is 5.82. The van der Waals surface area contributed by atoms with Gasteiger partial charge in [-0.15, -0.1) is 0 Å². The van der Waals surface area contributed by atoms with Crippen LogP contribution in [0.3, 0.4) is 0 Å². The first-order chi connectivity index (χ1) is 15.1. The molecule has 0 aromatic heterocycles. The number of carbonyl (C=O) groups excluding carboxylic acids is 1. The van der Waals surface area contributed by atoms with Gasteiger partial charge in [0.25, 0.3) is 0 Å². The number of para-hydroxylation sites is 1. The smallest absolute Gasteiger partial charge is 0.241 e. The summed E-state index contributed by atoms with van der Waals surface area (Å²) in [6.45, 7) is 9.81. The Hall–Kier alpha value is -2.54. The number of anilines is 2. The molecule has 7 heteroatoms. The first-order valence-electron chi connectivity index (χ1n) is 11.2. The molecule has 1 aliphatic rings. The maximum atomic E-state index is 12.8. The first kappa shape index (κ1) is 24.1. The van der Waals surface area contributed by atoms with Gasteiger partial charge in [0.2, 0.25) is 15.9 Å². The predicted octanol–water partition coefficient (Wildman–Crippen LogP) is 4.18. The molecular formula is C25H35N3O3S. The average Bonchev–Trinajstić information content (AvgIpc) is 2.72. The highest BCUT2D eigenvalue weighted by Gasteiger charge is 2.24. The van der Waals surface area contributed by atoms with Crippen LogP contribution in [0.15, 0.2) is 42.5 Å². The predicted molar refractivity (Wildman–Crippen MR) is 132 cm³/mol. The molecule has 2 aromatic rings. The Morgan fingerprint density at radius 2 is 1.78 bits per heavy atom. The van der Waals surface area contributed by atoms with Gasteiger partial charge in [-0.25, -0.2) is 8.42 Å². The second-order valence-corrected chi connectivity index (χ2v) is 11.0. The number of carbonyl (C=O) groups is 1. The van der Waals surface area contributed by atoms with Crippen molar-refractivity contribution in [2.24, 2.45) is 5.92 Å². The molecule has 0 bridgehead atoms. The maximum absolute atomic E-state index is 12.8. The molecule has 1 fully saturated rings. The SMILES string of the molecule is Cc1cccc(C)c1N(CC(=O)NC(C)c1ccc(N2CCCC(C)C2)cc1)S(C)(=O)=O. The summed E-state index contributed by atoms with van der Waals surface area (Å²) in [5.41, 5.74) is 4.40. The number of benzene rings is 2. The molecule has 1 heterocycles. The molecule has 3 rings (SSSR count). The Balaban J connectivity index is 1.69. The zero-order chi connectivity index (χ0) is 23.5. The average molecular weight is 458 g/mol. The second kappa shape index (κ2) is 9.94.